The summed E-state index contributed by atoms with van der Waals surface area (Å²) in [5.74, 6) is 3.11. The van der Waals surface area contributed by atoms with Crippen molar-refractivity contribution in [1.29, 1.82) is 0 Å². The molecule has 3 aliphatic rings. The average Bonchev–Trinajstić information content (AvgIpc) is 2.63. The lowest BCUT2D eigenvalue weighted by Crippen LogP contribution is -2.45. The van der Waals surface area contributed by atoms with Crippen molar-refractivity contribution in [2.75, 3.05) is 52.9 Å². The molecule has 0 aromatic heterocycles. The average molecular weight is 195 g/mol. The topological polar surface area (TPSA) is 18.5 Å². The minimum atomic E-state index is 1.04. The van der Waals surface area contributed by atoms with Gasteiger partial charge in [-0.3, -0.25) is 0 Å². The molecule has 2 saturated heterocycles. The van der Waals surface area contributed by atoms with E-state index in [9.17, 15) is 0 Å². The van der Waals surface area contributed by atoms with Crippen LogP contribution < -0.4 is 5.32 Å². The molecular formula is C11H21N3. The standard InChI is InChI=1S/C11H21N3/c1-13-2-4-14(5-3-13)8-11-9-6-12-7-10(9)11/h9-12H,2-8H2,1H3/t9-,10?,11?/m1/s1. The van der Waals surface area contributed by atoms with Crippen LogP contribution in [-0.2, 0) is 0 Å². The molecule has 3 fully saturated rings. The van der Waals surface area contributed by atoms with Gasteiger partial charge in [-0.25, -0.2) is 0 Å². The van der Waals surface area contributed by atoms with Crippen LogP contribution in [0, 0.1) is 17.8 Å². The number of nitrogens with zero attached hydrogens (tertiary/aromatic N) is 2. The first-order chi connectivity index (χ1) is 6.84. The fourth-order valence-electron chi connectivity index (χ4n) is 3.15. The second kappa shape index (κ2) is 3.47. The molecule has 3 atom stereocenters. The first-order valence-corrected chi connectivity index (χ1v) is 5.96. The maximum absolute atomic E-state index is 3.47. The number of hydrogen-bond donors (Lipinski definition) is 1. The van der Waals surface area contributed by atoms with Gasteiger partial charge in [0.25, 0.3) is 0 Å². The van der Waals surface area contributed by atoms with Crippen LogP contribution in [0.25, 0.3) is 0 Å². The molecule has 80 valence electrons. The largest absolute Gasteiger partial charge is 0.316 e. The summed E-state index contributed by atoms with van der Waals surface area (Å²) in [6.07, 6.45) is 0. The van der Waals surface area contributed by atoms with Crippen molar-refractivity contribution < 1.29 is 0 Å². The number of piperazine rings is 1. The lowest BCUT2D eigenvalue weighted by molar-refractivity contribution is 0.145. The van der Waals surface area contributed by atoms with Gasteiger partial charge in [0.15, 0.2) is 0 Å². The van der Waals surface area contributed by atoms with Crippen LogP contribution >= 0.6 is 0 Å². The van der Waals surface area contributed by atoms with Crippen LogP contribution in [0.3, 0.4) is 0 Å². The molecule has 0 amide bonds. The molecule has 14 heavy (non-hydrogen) atoms. The minimum Gasteiger partial charge on any atom is -0.316 e. The second-order valence-corrected chi connectivity index (χ2v) is 5.25. The van der Waals surface area contributed by atoms with E-state index in [0.29, 0.717) is 0 Å². The number of fused-ring (bicyclic) bond motifs is 1. The van der Waals surface area contributed by atoms with Gasteiger partial charge in [-0.1, -0.05) is 0 Å². The van der Waals surface area contributed by atoms with Gasteiger partial charge < -0.3 is 15.1 Å². The number of hydrogen-bond acceptors (Lipinski definition) is 3. The highest BCUT2D eigenvalue weighted by Gasteiger charge is 2.52. The smallest absolute Gasteiger partial charge is 0.0110 e. The van der Waals surface area contributed by atoms with Crippen LogP contribution in [-0.4, -0.2) is 62.7 Å². The zero-order valence-corrected chi connectivity index (χ0v) is 9.08. The second-order valence-electron chi connectivity index (χ2n) is 5.25. The van der Waals surface area contributed by atoms with Gasteiger partial charge in [-0.2, -0.15) is 0 Å². The highest BCUT2D eigenvalue weighted by atomic mass is 15.2. The molecule has 0 bridgehead atoms. The van der Waals surface area contributed by atoms with Crippen molar-refractivity contribution in [1.82, 2.24) is 15.1 Å². The molecule has 0 aromatic rings. The van der Waals surface area contributed by atoms with E-state index in [0.717, 1.165) is 17.8 Å². The number of rotatable bonds is 2. The highest BCUT2D eigenvalue weighted by Crippen LogP contribution is 2.48. The predicted octanol–water partition coefficient (Wildman–Crippen LogP) is -0.301. The van der Waals surface area contributed by atoms with Crippen molar-refractivity contribution >= 4 is 0 Å². The molecule has 1 saturated carbocycles. The summed E-state index contributed by atoms with van der Waals surface area (Å²) >= 11 is 0. The van der Waals surface area contributed by atoms with Crippen LogP contribution in [0.5, 0.6) is 0 Å². The van der Waals surface area contributed by atoms with Crippen LogP contribution in [0.1, 0.15) is 0 Å². The summed E-state index contributed by atoms with van der Waals surface area (Å²) in [5.41, 5.74) is 0. The Bertz CT molecular complexity index is 201. The van der Waals surface area contributed by atoms with E-state index in [1.54, 1.807) is 0 Å². The molecule has 2 unspecified atom stereocenters. The summed E-state index contributed by atoms with van der Waals surface area (Å²) in [6, 6.07) is 0. The summed E-state index contributed by atoms with van der Waals surface area (Å²) in [6.45, 7) is 9.08. The van der Waals surface area contributed by atoms with E-state index in [2.05, 4.69) is 22.2 Å². The Labute approximate surface area is 86.4 Å². The van der Waals surface area contributed by atoms with E-state index >= 15 is 0 Å². The fraction of sp³-hybridized carbons (Fsp3) is 1.00. The molecule has 1 aliphatic carbocycles. The van der Waals surface area contributed by atoms with E-state index in [1.807, 2.05) is 0 Å². The summed E-state index contributed by atoms with van der Waals surface area (Å²) in [5, 5.41) is 3.47. The zero-order chi connectivity index (χ0) is 9.54. The Kier molecular flexibility index (Phi) is 2.26. The summed E-state index contributed by atoms with van der Waals surface area (Å²) in [7, 11) is 2.23. The van der Waals surface area contributed by atoms with E-state index in [-0.39, 0.29) is 0 Å². The maximum Gasteiger partial charge on any atom is 0.0110 e. The number of nitrogens with one attached hydrogen (secondary N) is 1. The Hall–Kier alpha value is -0.120. The van der Waals surface area contributed by atoms with Crippen molar-refractivity contribution in [3.8, 4) is 0 Å². The molecule has 3 rings (SSSR count). The quantitative estimate of drug-likeness (QED) is 0.652. The van der Waals surface area contributed by atoms with E-state index in [4.69, 9.17) is 0 Å². The van der Waals surface area contributed by atoms with Crippen molar-refractivity contribution in [2.24, 2.45) is 17.8 Å². The van der Waals surface area contributed by atoms with Gasteiger partial charge in [0.1, 0.15) is 0 Å². The molecule has 3 heteroatoms. The Morgan fingerprint density at radius 2 is 1.71 bits per heavy atom. The summed E-state index contributed by atoms with van der Waals surface area (Å²) < 4.78 is 0. The molecular weight excluding hydrogens is 174 g/mol. The van der Waals surface area contributed by atoms with Gasteiger partial charge in [0, 0.05) is 32.7 Å². The Morgan fingerprint density at radius 1 is 1.07 bits per heavy atom. The summed E-state index contributed by atoms with van der Waals surface area (Å²) in [4.78, 5) is 5.11. The van der Waals surface area contributed by atoms with Crippen LogP contribution in [0.2, 0.25) is 0 Å². The van der Waals surface area contributed by atoms with E-state index < -0.39 is 0 Å². The van der Waals surface area contributed by atoms with Gasteiger partial charge in [-0.15, -0.1) is 0 Å². The molecule has 2 heterocycles. The van der Waals surface area contributed by atoms with Gasteiger partial charge in [0.05, 0.1) is 0 Å². The highest BCUT2D eigenvalue weighted by molar-refractivity contribution is 5.04. The third-order valence-corrected chi connectivity index (χ3v) is 4.33. The van der Waals surface area contributed by atoms with Gasteiger partial charge in [0.2, 0.25) is 0 Å². The normalized spacial score (nSPS) is 43.9. The van der Waals surface area contributed by atoms with Crippen LogP contribution in [0.4, 0.5) is 0 Å². The lowest BCUT2D eigenvalue weighted by Gasteiger charge is -2.32. The SMILES string of the molecule is CN1CCN(CC2C3CNC[C@H]32)CC1. The van der Waals surface area contributed by atoms with Gasteiger partial charge >= 0.3 is 0 Å². The fourth-order valence-corrected chi connectivity index (χ4v) is 3.15. The molecule has 1 N–H and O–H groups in total. The van der Waals surface area contributed by atoms with Crippen molar-refractivity contribution in [3.63, 3.8) is 0 Å². The van der Waals surface area contributed by atoms with Crippen molar-refractivity contribution in [2.45, 2.75) is 0 Å². The first kappa shape index (κ1) is 9.13. The maximum atomic E-state index is 3.47. The Morgan fingerprint density at radius 3 is 2.36 bits per heavy atom. The minimum absolute atomic E-state index is 1.04. The monoisotopic (exact) mass is 195 g/mol. The first-order valence-electron chi connectivity index (χ1n) is 5.96. The van der Waals surface area contributed by atoms with Gasteiger partial charge in [-0.05, 0) is 37.9 Å². The number of piperidine rings is 1. The molecule has 0 spiro atoms. The van der Waals surface area contributed by atoms with E-state index in [1.165, 1.54) is 45.8 Å². The third-order valence-electron chi connectivity index (χ3n) is 4.33. The predicted molar refractivity (Wildman–Crippen MR) is 57.3 cm³/mol. The molecule has 3 nitrogen and oxygen atoms in total. The number of likely N-dealkylation sites (N-methyl/N-ethyl adjacent to an activating group) is 1. The van der Waals surface area contributed by atoms with Crippen molar-refractivity contribution in [3.05, 3.63) is 0 Å². The Balaban J connectivity index is 1.45. The molecule has 0 aromatic carbocycles. The molecule has 0 radical (unpaired) electrons. The lowest BCUT2D eigenvalue weighted by atomic mass is 10.2. The van der Waals surface area contributed by atoms with Crippen LogP contribution in [0.15, 0.2) is 0 Å². The third kappa shape index (κ3) is 1.58. The zero-order valence-electron chi connectivity index (χ0n) is 9.08. The molecule has 2 aliphatic heterocycles.